The van der Waals surface area contributed by atoms with Crippen LogP contribution in [0, 0.1) is 0 Å². The number of nitrogens with two attached hydrogens (primary N) is 1. The summed E-state index contributed by atoms with van der Waals surface area (Å²) in [6, 6.07) is 23.6. The van der Waals surface area contributed by atoms with E-state index in [9.17, 15) is 9.59 Å². The van der Waals surface area contributed by atoms with E-state index in [1.54, 1.807) is 23.9 Å². The Balaban J connectivity index is 1.56. The van der Waals surface area contributed by atoms with Crippen molar-refractivity contribution in [2.45, 2.75) is 25.8 Å². The summed E-state index contributed by atoms with van der Waals surface area (Å²) in [6.45, 7) is 1.44. The third-order valence-electron chi connectivity index (χ3n) is 6.52. The molecule has 192 valence electrons. The van der Waals surface area contributed by atoms with Crippen LogP contribution in [0.2, 0.25) is 0 Å². The molecule has 38 heavy (non-hydrogen) atoms. The Morgan fingerprint density at radius 1 is 0.947 bits per heavy atom. The van der Waals surface area contributed by atoms with E-state index in [1.807, 2.05) is 48.5 Å². The number of carbonyl (C=O) groups is 2. The Morgan fingerprint density at radius 2 is 1.74 bits per heavy atom. The average molecular weight is 525 g/mol. The lowest BCUT2D eigenvalue weighted by atomic mass is 10.0. The highest BCUT2D eigenvalue weighted by molar-refractivity contribution is 7.17. The minimum atomic E-state index is -0.540. The highest BCUT2D eigenvalue weighted by Gasteiger charge is 2.20. The molecule has 1 amide bonds. The van der Waals surface area contributed by atoms with E-state index in [0.717, 1.165) is 52.0 Å². The van der Waals surface area contributed by atoms with Crippen LogP contribution in [0.4, 0.5) is 0 Å². The molecule has 5 rings (SSSR count). The Labute approximate surface area is 224 Å². The lowest BCUT2D eigenvalue weighted by molar-refractivity contribution is -0.128. The molecule has 0 bridgehead atoms. The van der Waals surface area contributed by atoms with Crippen molar-refractivity contribution in [2.24, 2.45) is 5.73 Å². The standard InChI is InChI=1S/C30H28N4O3S/c31-12-4-5-15-34-25(20-6-2-1-3-7-20)16-22-8-9-23(17-26(22)34)29(36)27-18-24(19-28(35)33-37)30(38-27)21-10-13-32-14-11-21/h1-3,6-11,13-14,16-18,37H,4-5,12,15,19,31H2,(H,33,35). The van der Waals surface area contributed by atoms with Gasteiger partial charge in [0.05, 0.1) is 11.3 Å². The summed E-state index contributed by atoms with van der Waals surface area (Å²) < 4.78 is 2.27. The topological polar surface area (TPSA) is 110 Å². The molecular weight excluding hydrogens is 496 g/mol. The van der Waals surface area contributed by atoms with Gasteiger partial charge in [-0.1, -0.05) is 42.5 Å². The Hall–Kier alpha value is -4.11. The van der Waals surface area contributed by atoms with Gasteiger partial charge in [0.2, 0.25) is 11.7 Å². The number of hydrogen-bond acceptors (Lipinski definition) is 6. The number of rotatable bonds is 10. The Morgan fingerprint density at radius 3 is 2.47 bits per heavy atom. The molecule has 8 heteroatoms. The van der Waals surface area contributed by atoms with Crippen LogP contribution in [-0.2, 0) is 17.8 Å². The number of aryl methyl sites for hydroxylation is 1. The Kier molecular flexibility index (Phi) is 7.74. The molecule has 3 heterocycles. The molecule has 0 atom stereocenters. The van der Waals surface area contributed by atoms with Crippen LogP contribution in [0.15, 0.2) is 85.2 Å². The number of amides is 1. The number of aromatic nitrogens is 2. The molecule has 0 unspecified atom stereocenters. The van der Waals surface area contributed by atoms with Crippen molar-refractivity contribution in [1.82, 2.24) is 15.0 Å². The molecule has 0 saturated carbocycles. The highest BCUT2D eigenvalue weighted by atomic mass is 32.1. The predicted octanol–water partition coefficient (Wildman–Crippen LogP) is 5.45. The highest BCUT2D eigenvalue weighted by Crippen LogP contribution is 2.35. The molecule has 5 aromatic rings. The summed E-state index contributed by atoms with van der Waals surface area (Å²) in [7, 11) is 0. The Bertz CT molecular complexity index is 1580. The van der Waals surface area contributed by atoms with Crippen molar-refractivity contribution >= 4 is 33.9 Å². The maximum Gasteiger partial charge on any atom is 0.247 e. The van der Waals surface area contributed by atoms with Crippen molar-refractivity contribution < 1.29 is 14.8 Å². The summed E-state index contributed by atoms with van der Waals surface area (Å²) in [5.41, 5.74) is 12.8. The normalized spacial score (nSPS) is 11.1. The second-order valence-corrected chi connectivity index (χ2v) is 10.1. The van der Waals surface area contributed by atoms with E-state index in [0.29, 0.717) is 22.5 Å². The van der Waals surface area contributed by atoms with Gasteiger partial charge in [-0.05, 0) is 66.4 Å². The molecule has 2 aromatic carbocycles. The lowest BCUT2D eigenvalue weighted by Gasteiger charge is -2.11. The monoisotopic (exact) mass is 524 g/mol. The van der Waals surface area contributed by atoms with Crippen molar-refractivity contribution in [2.75, 3.05) is 6.54 Å². The fraction of sp³-hybridized carbons (Fsp3) is 0.167. The fourth-order valence-electron chi connectivity index (χ4n) is 4.67. The number of benzene rings is 2. The molecule has 0 radical (unpaired) electrons. The number of carbonyl (C=O) groups excluding carboxylic acids is 2. The third-order valence-corrected chi connectivity index (χ3v) is 7.75. The quantitative estimate of drug-likeness (QED) is 0.0974. The zero-order valence-electron chi connectivity index (χ0n) is 20.8. The average Bonchev–Trinajstić information content (AvgIpc) is 3.55. The second-order valence-electron chi connectivity index (χ2n) is 9.06. The molecule has 3 aromatic heterocycles. The van der Waals surface area contributed by atoms with Gasteiger partial charge in [-0.25, -0.2) is 5.48 Å². The maximum atomic E-state index is 13.7. The zero-order chi connectivity index (χ0) is 26.5. The zero-order valence-corrected chi connectivity index (χ0v) is 21.6. The van der Waals surface area contributed by atoms with Gasteiger partial charge in [-0.3, -0.25) is 19.8 Å². The molecule has 0 aliphatic carbocycles. The van der Waals surface area contributed by atoms with E-state index in [4.69, 9.17) is 10.9 Å². The van der Waals surface area contributed by atoms with Crippen LogP contribution in [0.25, 0.3) is 32.6 Å². The summed E-state index contributed by atoms with van der Waals surface area (Å²) in [5.74, 6) is -0.652. The van der Waals surface area contributed by atoms with Gasteiger partial charge >= 0.3 is 0 Å². The van der Waals surface area contributed by atoms with Crippen molar-refractivity contribution in [3.63, 3.8) is 0 Å². The molecule has 7 nitrogen and oxygen atoms in total. The number of ketones is 1. The number of hydroxylamine groups is 1. The summed E-state index contributed by atoms with van der Waals surface area (Å²) in [6.07, 6.45) is 5.16. The first kappa shape index (κ1) is 25.5. The SMILES string of the molecule is NCCCCn1c(-c2ccccc2)cc2ccc(C(=O)c3cc(CC(=O)NO)c(-c4ccncc4)s3)cc21. The molecule has 0 aliphatic rings. The number of thiophene rings is 1. The van der Waals surface area contributed by atoms with Crippen molar-refractivity contribution in [3.8, 4) is 21.7 Å². The van der Waals surface area contributed by atoms with Crippen LogP contribution in [0.5, 0.6) is 0 Å². The largest absolute Gasteiger partial charge is 0.340 e. The van der Waals surface area contributed by atoms with Gasteiger partial charge in [0.15, 0.2) is 0 Å². The first-order valence-electron chi connectivity index (χ1n) is 12.5. The minimum absolute atomic E-state index is 0.0403. The molecule has 0 spiro atoms. The van der Waals surface area contributed by atoms with Gasteiger partial charge < -0.3 is 10.3 Å². The van der Waals surface area contributed by atoms with Crippen LogP contribution >= 0.6 is 11.3 Å². The second kappa shape index (κ2) is 11.5. The lowest BCUT2D eigenvalue weighted by Crippen LogP contribution is -2.20. The van der Waals surface area contributed by atoms with Gasteiger partial charge in [-0.2, -0.15) is 0 Å². The molecule has 0 aliphatic heterocycles. The van der Waals surface area contributed by atoms with E-state index in [1.165, 1.54) is 11.3 Å². The minimum Gasteiger partial charge on any atom is -0.340 e. The van der Waals surface area contributed by atoms with Crippen molar-refractivity contribution in [1.29, 1.82) is 0 Å². The van der Waals surface area contributed by atoms with E-state index in [-0.39, 0.29) is 12.2 Å². The first-order valence-corrected chi connectivity index (χ1v) is 13.3. The van der Waals surface area contributed by atoms with Crippen LogP contribution in [0.3, 0.4) is 0 Å². The smallest absolute Gasteiger partial charge is 0.247 e. The molecular formula is C30H28N4O3S. The van der Waals surface area contributed by atoms with Crippen LogP contribution in [-0.4, -0.2) is 33.0 Å². The first-order chi connectivity index (χ1) is 18.6. The number of nitrogens with one attached hydrogen (secondary N) is 1. The summed E-state index contributed by atoms with van der Waals surface area (Å²) in [4.78, 5) is 31.1. The predicted molar refractivity (Wildman–Crippen MR) is 150 cm³/mol. The van der Waals surface area contributed by atoms with Crippen LogP contribution < -0.4 is 11.2 Å². The van der Waals surface area contributed by atoms with Gasteiger partial charge in [0, 0.05) is 46.0 Å². The molecule has 4 N–H and O–H groups in total. The number of pyridine rings is 1. The third kappa shape index (κ3) is 5.28. The maximum absolute atomic E-state index is 13.7. The number of hydrogen-bond donors (Lipinski definition) is 3. The van der Waals surface area contributed by atoms with E-state index in [2.05, 4.69) is 27.8 Å². The fourth-order valence-corrected chi connectivity index (χ4v) is 5.82. The molecule has 0 saturated heterocycles. The van der Waals surface area contributed by atoms with Gasteiger partial charge in [0.1, 0.15) is 0 Å². The van der Waals surface area contributed by atoms with Crippen LogP contribution in [0.1, 0.15) is 33.6 Å². The summed E-state index contributed by atoms with van der Waals surface area (Å²) in [5, 5.41) is 10.1. The summed E-state index contributed by atoms with van der Waals surface area (Å²) >= 11 is 1.34. The molecule has 0 fully saturated rings. The number of fused-ring (bicyclic) bond motifs is 1. The van der Waals surface area contributed by atoms with E-state index < -0.39 is 5.91 Å². The van der Waals surface area contributed by atoms with Gasteiger partial charge in [-0.15, -0.1) is 11.3 Å². The van der Waals surface area contributed by atoms with E-state index >= 15 is 0 Å². The number of unbranched alkanes of at least 4 members (excludes halogenated alkanes) is 1. The van der Waals surface area contributed by atoms with Crippen molar-refractivity contribution in [3.05, 3.63) is 101 Å². The number of nitrogens with zero attached hydrogens (tertiary/aromatic N) is 2. The van der Waals surface area contributed by atoms with Gasteiger partial charge in [0.25, 0.3) is 0 Å².